The molecule has 1 aromatic heterocycles. The Labute approximate surface area is 108 Å². The lowest BCUT2D eigenvalue weighted by Gasteiger charge is -2.26. The van der Waals surface area contributed by atoms with E-state index in [2.05, 4.69) is 17.2 Å². The number of hydrogen-bond donors (Lipinski definition) is 2. The van der Waals surface area contributed by atoms with Gasteiger partial charge in [-0.05, 0) is 43.7 Å². The van der Waals surface area contributed by atoms with Gasteiger partial charge < -0.3 is 11.1 Å². The SMILES string of the molecule is CCc1cncc(C(=O)NC2CCC(N)CC2)c1. The van der Waals surface area contributed by atoms with Gasteiger partial charge in [0.15, 0.2) is 0 Å². The number of nitrogens with two attached hydrogens (primary N) is 1. The molecule has 1 aromatic rings. The Kier molecular flexibility index (Phi) is 4.31. The van der Waals surface area contributed by atoms with Crippen LogP contribution in [0.2, 0.25) is 0 Å². The topological polar surface area (TPSA) is 68.0 Å². The molecule has 0 aromatic carbocycles. The maximum absolute atomic E-state index is 12.1. The molecule has 0 bridgehead atoms. The van der Waals surface area contributed by atoms with Gasteiger partial charge in [-0.25, -0.2) is 0 Å². The first-order valence-electron chi connectivity index (χ1n) is 6.69. The Morgan fingerprint density at radius 3 is 2.78 bits per heavy atom. The molecule has 1 fully saturated rings. The summed E-state index contributed by atoms with van der Waals surface area (Å²) in [5.41, 5.74) is 7.60. The zero-order valence-corrected chi connectivity index (χ0v) is 10.9. The van der Waals surface area contributed by atoms with Crippen LogP contribution >= 0.6 is 0 Å². The van der Waals surface area contributed by atoms with E-state index in [0.29, 0.717) is 11.6 Å². The van der Waals surface area contributed by atoms with Gasteiger partial charge in [-0.15, -0.1) is 0 Å². The summed E-state index contributed by atoms with van der Waals surface area (Å²) in [4.78, 5) is 16.2. The van der Waals surface area contributed by atoms with Crippen LogP contribution in [0.15, 0.2) is 18.5 Å². The van der Waals surface area contributed by atoms with Gasteiger partial charge in [-0.3, -0.25) is 9.78 Å². The minimum Gasteiger partial charge on any atom is -0.349 e. The molecule has 0 aliphatic heterocycles. The smallest absolute Gasteiger partial charge is 0.253 e. The van der Waals surface area contributed by atoms with Crippen LogP contribution in [-0.4, -0.2) is 23.0 Å². The Bertz CT molecular complexity index is 411. The van der Waals surface area contributed by atoms with Crippen LogP contribution in [0.3, 0.4) is 0 Å². The third-order valence-corrected chi connectivity index (χ3v) is 3.57. The second-order valence-corrected chi connectivity index (χ2v) is 5.02. The van der Waals surface area contributed by atoms with Crippen LogP contribution in [0.5, 0.6) is 0 Å². The third-order valence-electron chi connectivity index (χ3n) is 3.57. The second-order valence-electron chi connectivity index (χ2n) is 5.02. The molecule has 2 rings (SSSR count). The van der Waals surface area contributed by atoms with Crippen molar-refractivity contribution in [2.75, 3.05) is 0 Å². The summed E-state index contributed by atoms with van der Waals surface area (Å²) in [5, 5.41) is 3.07. The predicted molar refractivity (Wildman–Crippen MR) is 71.3 cm³/mol. The van der Waals surface area contributed by atoms with E-state index in [1.54, 1.807) is 12.4 Å². The summed E-state index contributed by atoms with van der Waals surface area (Å²) in [6.45, 7) is 2.06. The average molecular weight is 247 g/mol. The Hall–Kier alpha value is -1.42. The molecule has 0 saturated heterocycles. The molecular weight excluding hydrogens is 226 g/mol. The van der Waals surface area contributed by atoms with E-state index in [4.69, 9.17) is 5.73 Å². The molecule has 0 radical (unpaired) electrons. The van der Waals surface area contributed by atoms with E-state index < -0.39 is 0 Å². The monoisotopic (exact) mass is 247 g/mol. The summed E-state index contributed by atoms with van der Waals surface area (Å²) in [6.07, 6.45) is 8.28. The van der Waals surface area contributed by atoms with Gasteiger partial charge in [0, 0.05) is 24.5 Å². The highest BCUT2D eigenvalue weighted by Gasteiger charge is 2.20. The molecule has 1 aliphatic carbocycles. The van der Waals surface area contributed by atoms with Crippen LogP contribution in [-0.2, 0) is 6.42 Å². The number of amides is 1. The number of nitrogens with zero attached hydrogens (tertiary/aromatic N) is 1. The van der Waals surface area contributed by atoms with Crippen molar-refractivity contribution in [1.82, 2.24) is 10.3 Å². The van der Waals surface area contributed by atoms with E-state index in [-0.39, 0.29) is 11.9 Å². The Morgan fingerprint density at radius 2 is 2.11 bits per heavy atom. The van der Waals surface area contributed by atoms with Crippen molar-refractivity contribution < 1.29 is 4.79 Å². The van der Waals surface area contributed by atoms with Crippen LogP contribution in [0.1, 0.15) is 48.5 Å². The Morgan fingerprint density at radius 1 is 1.39 bits per heavy atom. The number of aromatic nitrogens is 1. The largest absolute Gasteiger partial charge is 0.349 e. The summed E-state index contributed by atoms with van der Waals surface area (Å²) < 4.78 is 0. The number of nitrogens with one attached hydrogen (secondary N) is 1. The van der Waals surface area contributed by atoms with Gasteiger partial charge in [0.25, 0.3) is 5.91 Å². The number of carbonyl (C=O) groups excluding carboxylic acids is 1. The number of pyridine rings is 1. The standard InChI is InChI=1S/C14H21N3O/c1-2-10-7-11(9-16-8-10)14(18)17-13-5-3-12(15)4-6-13/h7-9,12-13H,2-6,15H2,1H3,(H,17,18). The molecule has 4 nitrogen and oxygen atoms in total. The van der Waals surface area contributed by atoms with E-state index >= 15 is 0 Å². The highest BCUT2D eigenvalue weighted by molar-refractivity contribution is 5.94. The minimum absolute atomic E-state index is 0.0155. The first-order chi connectivity index (χ1) is 8.69. The molecule has 1 saturated carbocycles. The zero-order chi connectivity index (χ0) is 13.0. The third kappa shape index (κ3) is 3.29. The molecular formula is C14H21N3O. The quantitative estimate of drug-likeness (QED) is 0.853. The van der Waals surface area contributed by atoms with Gasteiger partial charge in [0.1, 0.15) is 0 Å². The first kappa shape index (κ1) is 13.0. The lowest BCUT2D eigenvalue weighted by Crippen LogP contribution is -2.40. The first-order valence-corrected chi connectivity index (χ1v) is 6.69. The van der Waals surface area contributed by atoms with Gasteiger partial charge >= 0.3 is 0 Å². The molecule has 1 aliphatic rings. The number of hydrogen-bond acceptors (Lipinski definition) is 3. The minimum atomic E-state index is -0.0155. The molecule has 1 heterocycles. The van der Waals surface area contributed by atoms with Gasteiger partial charge in [-0.1, -0.05) is 6.92 Å². The maximum atomic E-state index is 12.1. The fraction of sp³-hybridized carbons (Fsp3) is 0.571. The van der Waals surface area contributed by atoms with Crippen LogP contribution in [0, 0.1) is 0 Å². The second kappa shape index (κ2) is 5.96. The maximum Gasteiger partial charge on any atom is 0.253 e. The normalized spacial score (nSPS) is 23.7. The average Bonchev–Trinajstić information content (AvgIpc) is 2.41. The van der Waals surface area contributed by atoms with Gasteiger partial charge in [-0.2, -0.15) is 0 Å². The van der Waals surface area contributed by atoms with Gasteiger partial charge in [0.2, 0.25) is 0 Å². The van der Waals surface area contributed by atoms with Crippen molar-refractivity contribution in [2.45, 2.75) is 51.1 Å². The predicted octanol–water partition coefficient (Wildman–Crippen LogP) is 1.64. The van der Waals surface area contributed by atoms with Crippen molar-refractivity contribution in [2.24, 2.45) is 5.73 Å². The summed E-state index contributed by atoms with van der Waals surface area (Å²) in [5.74, 6) is -0.0155. The van der Waals surface area contributed by atoms with Crippen molar-refractivity contribution in [1.29, 1.82) is 0 Å². The highest BCUT2D eigenvalue weighted by Crippen LogP contribution is 2.17. The molecule has 0 spiro atoms. The number of aryl methyl sites for hydroxylation is 1. The molecule has 4 heteroatoms. The highest BCUT2D eigenvalue weighted by atomic mass is 16.1. The molecule has 1 amide bonds. The van der Waals surface area contributed by atoms with E-state index in [0.717, 1.165) is 37.7 Å². The lowest BCUT2D eigenvalue weighted by atomic mass is 9.91. The summed E-state index contributed by atoms with van der Waals surface area (Å²) >= 11 is 0. The summed E-state index contributed by atoms with van der Waals surface area (Å²) in [6, 6.07) is 2.49. The lowest BCUT2D eigenvalue weighted by molar-refractivity contribution is 0.0925. The van der Waals surface area contributed by atoms with E-state index in [1.807, 2.05) is 6.07 Å². The van der Waals surface area contributed by atoms with Crippen molar-refractivity contribution in [3.63, 3.8) is 0 Å². The summed E-state index contributed by atoms with van der Waals surface area (Å²) in [7, 11) is 0. The fourth-order valence-electron chi connectivity index (χ4n) is 2.34. The molecule has 3 N–H and O–H groups in total. The number of carbonyl (C=O) groups is 1. The Balaban J connectivity index is 1.94. The fourth-order valence-corrected chi connectivity index (χ4v) is 2.34. The zero-order valence-electron chi connectivity index (χ0n) is 10.9. The van der Waals surface area contributed by atoms with Gasteiger partial charge in [0.05, 0.1) is 5.56 Å². The molecule has 98 valence electrons. The van der Waals surface area contributed by atoms with Crippen LogP contribution < -0.4 is 11.1 Å². The van der Waals surface area contributed by atoms with Crippen LogP contribution in [0.25, 0.3) is 0 Å². The van der Waals surface area contributed by atoms with Crippen LogP contribution in [0.4, 0.5) is 0 Å². The number of rotatable bonds is 3. The van der Waals surface area contributed by atoms with Crippen molar-refractivity contribution in [3.8, 4) is 0 Å². The molecule has 0 unspecified atom stereocenters. The van der Waals surface area contributed by atoms with E-state index in [1.165, 1.54) is 0 Å². The molecule has 0 atom stereocenters. The van der Waals surface area contributed by atoms with E-state index in [9.17, 15) is 4.79 Å². The van der Waals surface area contributed by atoms with Crippen molar-refractivity contribution in [3.05, 3.63) is 29.6 Å². The molecule has 18 heavy (non-hydrogen) atoms. The van der Waals surface area contributed by atoms with Crippen molar-refractivity contribution >= 4 is 5.91 Å².